The molecule has 0 spiro atoms. The lowest BCUT2D eigenvalue weighted by molar-refractivity contribution is 0.0465. The molecule has 2 aliphatic heterocycles. The number of rotatable bonds is 2. The summed E-state index contributed by atoms with van der Waals surface area (Å²) in [4.78, 5) is 15.5. The monoisotopic (exact) mass is 476 g/mol. The first-order valence-corrected chi connectivity index (χ1v) is 12.7. The molecule has 8 nitrogen and oxygen atoms in total. The molecule has 1 saturated heterocycles. The third-order valence-electron chi connectivity index (χ3n) is 7.62. The highest BCUT2D eigenvalue weighted by molar-refractivity contribution is 6.07. The van der Waals surface area contributed by atoms with Gasteiger partial charge in [-0.2, -0.15) is 5.10 Å². The maximum Gasteiger partial charge on any atom is 0.255 e. The number of aliphatic hydroxyl groups excluding tert-OH is 1. The van der Waals surface area contributed by atoms with Gasteiger partial charge >= 0.3 is 0 Å². The number of nitrogens with one attached hydrogen (secondary N) is 1. The van der Waals surface area contributed by atoms with Gasteiger partial charge in [0.1, 0.15) is 12.4 Å². The second-order valence-electron chi connectivity index (χ2n) is 9.95. The molecular weight excluding hydrogens is 444 g/mol. The first-order valence-electron chi connectivity index (χ1n) is 12.7. The fraction of sp³-hybridized carbons (Fsp3) is 0.481. The third-order valence-corrected chi connectivity index (χ3v) is 7.62. The van der Waals surface area contributed by atoms with Gasteiger partial charge in [-0.25, -0.2) is 0 Å². The first-order chi connectivity index (χ1) is 17.2. The molecule has 3 heterocycles. The van der Waals surface area contributed by atoms with Crippen molar-refractivity contribution in [2.24, 2.45) is 5.92 Å². The Morgan fingerprint density at radius 1 is 1.09 bits per heavy atom. The summed E-state index contributed by atoms with van der Waals surface area (Å²) in [5.41, 5.74) is 3.26. The van der Waals surface area contributed by atoms with Crippen molar-refractivity contribution in [3.05, 3.63) is 48.2 Å². The molecule has 1 saturated carbocycles. The maximum atomic E-state index is 13.2. The summed E-state index contributed by atoms with van der Waals surface area (Å²) < 4.78 is 14.0. The van der Waals surface area contributed by atoms with Crippen molar-refractivity contribution in [1.82, 2.24) is 9.78 Å². The number of carbonyl (C=O) groups excluding carboxylic acids is 1. The van der Waals surface area contributed by atoms with Gasteiger partial charge in [0.15, 0.2) is 0 Å². The van der Waals surface area contributed by atoms with E-state index < -0.39 is 0 Å². The molecule has 1 aromatic heterocycles. The van der Waals surface area contributed by atoms with Crippen molar-refractivity contribution in [3.63, 3.8) is 0 Å². The third kappa shape index (κ3) is 4.60. The molecule has 1 amide bonds. The number of ether oxygens (including phenoxy) is 2. The summed E-state index contributed by atoms with van der Waals surface area (Å²) in [7, 11) is 0. The number of hydrogen-bond acceptors (Lipinski definition) is 6. The van der Waals surface area contributed by atoms with E-state index in [-0.39, 0.29) is 18.6 Å². The van der Waals surface area contributed by atoms with E-state index in [1.165, 1.54) is 0 Å². The lowest BCUT2D eigenvalue weighted by Gasteiger charge is -2.27. The smallest absolute Gasteiger partial charge is 0.255 e. The standard InChI is InChI=1S/C27H32N4O4/c32-17-18-4-6-21(7-5-18)31-15-20-13-25-26(14-24(20)29-31)30-9-8-23(16-30)35-11-10-34-22-3-1-2-19(12-22)27(33)28-25/h1-3,12-15,18,21,23,32H,4-11,16-17H2,(H,28,33)/t18?,21?,23-/m0/s1. The molecule has 184 valence electrons. The van der Waals surface area contributed by atoms with Crippen molar-refractivity contribution in [2.75, 3.05) is 43.1 Å². The van der Waals surface area contributed by atoms with Crippen molar-refractivity contribution in [1.29, 1.82) is 0 Å². The Labute approximate surface area is 204 Å². The molecular formula is C27H32N4O4. The fourth-order valence-corrected chi connectivity index (χ4v) is 5.60. The van der Waals surface area contributed by atoms with Gasteiger partial charge in [-0.15, -0.1) is 0 Å². The van der Waals surface area contributed by atoms with Crippen molar-refractivity contribution in [2.45, 2.75) is 44.2 Å². The van der Waals surface area contributed by atoms with E-state index in [9.17, 15) is 9.90 Å². The molecule has 0 radical (unpaired) electrons. The lowest BCUT2D eigenvalue weighted by Crippen LogP contribution is -2.26. The van der Waals surface area contributed by atoms with Crippen LogP contribution in [0.1, 0.15) is 48.5 Å². The Morgan fingerprint density at radius 3 is 2.83 bits per heavy atom. The zero-order valence-electron chi connectivity index (χ0n) is 19.9. The average molecular weight is 477 g/mol. The van der Waals surface area contributed by atoms with Crippen LogP contribution in [0.3, 0.4) is 0 Å². The largest absolute Gasteiger partial charge is 0.491 e. The number of carbonyl (C=O) groups is 1. The summed E-state index contributed by atoms with van der Waals surface area (Å²) in [5.74, 6) is 0.920. The predicted molar refractivity (Wildman–Crippen MR) is 134 cm³/mol. The number of amides is 1. The summed E-state index contributed by atoms with van der Waals surface area (Å²) in [6.45, 7) is 2.88. The van der Waals surface area contributed by atoms with Crippen LogP contribution in [0.5, 0.6) is 5.75 Å². The van der Waals surface area contributed by atoms with E-state index >= 15 is 0 Å². The Bertz CT molecular complexity index is 1220. The molecule has 2 aromatic carbocycles. The molecule has 1 atom stereocenters. The van der Waals surface area contributed by atoms with E-state index in [2.05, 4.69) is 27.2 Å². The fourth-order valence-electron chi connectivity index (χ4n) is 5.60. The number of anilines is 2. The Balaban J connectivity index is 1.36. The van der Waals surface area contributed by atoms with Crippen LogP contribution in [0.25, 0.3) is 10.9 Å². The Hall–Kier alpha value is -3.10. The van der Waals surface area contributed by atoms with Crippen molar-refractivity contribution < 1.29 is 19.4 Å². The SMILES string of the molecule is O=C1Nc2cc3cn(C4CCC(CO)CC4)nc3cc2N2CC[C@@H](C2)OCCOc2cccc1c2. The van der Waals surface area contributed by atoms with Gasteiger partial charge in [0, 0.05) is 36.8 Å². The van der Waals surface area contributed by atoms with Crippen molar-refractivity contribution >= 4 is 28.2 Å². The van der Waals surface area contributed by atoms with Gasteiger partial charge in [0.25, 0.3) is 5.91 Å². The van der Waals surface area contributed by atoms with Gasteiger partial charge in [-0.05, 0) is 68.4 Å². The normalized spacial score (nSPS) is 25.0. The highest BCUT2D eigenvalue weighted by Gasteiger charge is 2.27. The van der Waals surface area contributed by atoms with Gasteiger partial charge in [-0.3, -0.25) is 9.48 Å². The quantitative estimate of drug-likeness (QED) is 0.581. The van der Waals surface area contributed by atoms with Crippen LogP contribution in [0.2, 0.25) is 0 Å². The molecule has 2 N–H and O–H groups in total. The zero-order chi connectivity index (χ0) is 23.8. The maximum absolute atomic E-state index is 13.2. The van der Waals surface area contributed by atoms with Crippen LogP contribution in [-0.2, 0) is 4.74 Å². The molecule has 35 heavy (non-hydrogen) atoms. The van der Waals surface area contributed by atoms with Crippen LogP contribution in [0.15, 0.2) is 42.6 Å². The van der Waals surface area contributed by atoms with E-state index in [1.807, 2.05) is 18.2 Å². The highest BCUT2D eigenvalue weighted by Crippen LogP contribution is 2.37. The molecule has 2 fully saturated rings. The minimum Gasteiger partial charge on any atom is -0.491 e. The second-order valence-corrected chi connectivity index (χ2v) is 9.95. The Kier molecular flexibility index (Phi) is 6.08. The minimum absolute atomic E-state index is 0.131. The lowest BCUT2D eigenvalue weighted by atomic mass is 9.87. The van der Waals surface area contributed by atoms with Crippen LogP contribution >= 0.6 is 0 Å². The minimum atomic E-state index is -0.158. The highest BCUT2D eigenvalue weighted by atomic mass is 16.5. The molecule has 3 aromatic rings. The number of aliphatic hydroxyl groups is 1. The number of benzene rings is 2. The predicted octanol–water partition coefficient (Wildman–Crippen LogP) is 4.00. The molecule has 8 heteroatoms. The Morgan fingerprint density at radius 2 is 1.97 bits per heavy atom. The van der Waals surface area contributed by atoms with Gasteiger partial charge in [-0.1, -0.05) is 6.07 Å². The van der Waals surface area contributed by atoms with Gasteiger partial charge in [0.05, 0.1) is 35.6 Å². The summed E-state index contributed by atoms with van der Waals surface area (Å²) in [6.07, 6.45) is 7.28. The zero-order valence-corrected chi connectivity index (χ0v) is 19.9. The topological polar surface area (TPSA) is 88.9 Å². The van der Waals surface area contributed by atoms with E-state index in [4.69, 9.17) is 14.6 Å². The van der Waals surface area contributed by atoms with Crippen LogP contribution in [-0.4, -0.2) is 59.8 Å². The van der Waals surface area contributed by atoms with E-state index in [1.54, 1.807) is 12.1 Å². The average Bonchev–Trinajstić information content (AvgIpc) is 3.53. The summed E-state index contributed by atoms with van der Waals surface area (Å²) in [6, 6.07) is 11.8. The second kappa shape index (κ2) is 9.51. The number of nitrogens with zero attached hydrogens (tertiary/aromatic N) is 3. The molecule has 6 rings (SSSR count). The first kappa shape index (κ1) is 22.4. The summed E-state index contributed by atoms with van der Waals surface area (Å²) >= 11 is 0. The number of hydrogen-bond donors (Lipinski definition) is 2. The van der Waals surface area contributed by atoms with Gasteiger partial charge in [0.2, 0.25) is 0 Å². The number of aromatic nitrogens is 2. The molecule has 4 bridgehead atoms. The van der Waals surface area contributed by atoms with E-state index in [0.29, 0.717) is 36.5 Å². The summed E-state index contributed by atoms with van der Waals surface area (Å²) in [5, 5.41) is 18.6. The van der Waals surface area contributed by atoms with Crippen LogP contribution in [0, 0.1) is 5.92 Å². The van der Waals surface area contributed by atoms with Crippen LogP contribution in [0.4, 0.5) is 11.4 Å². The van der Waals surface area contributed by atoms with E-state index in [0.717, 1.165) is 67.5 Å². The number of fused-ring (bicyclic) bond motifs is 7. The van der Waals surface area contributed by atoms with Crippen LogP contribution < -0.4 is 15.0 Å². The molecule has 3 aliphatic rings. The molecule has 1 aliphatic carbocycles. The van der Waals surface area contributed by atoms with Gasteiger partial charge < -0.3 is 24.8 Å². The molecule has 0 unspecified atom stereocenters. The van der Waals surface area contributed by atoms with Crippen molar-refractivity contribution in [3.8, 4) is 5.75 Å².